The average Bonchev–Trinajstić information content (AvgIpc) is 3.07. The molecule has 0 radical (unpaired) electrons. The predicted molar refractivity (Wildman–Crippen MR) is 88.0 cm³/mol. The van der Waals surface area contributed by atoms with Crippen molar-refractivity contribution in [2.45, 2.75) is 19.6 Å². The molecule has 0 atom stereocenters. The molecule has 0 bridgehead atoms. The van der Waals surface area contributed by atoms with Crippen LogP contribution in [0.4, 0.5) is 10.1 Å². The molecule has 1 amide bonds. The minimum absolute atomic E-state index is 0.285. The summed E-state index contributed by atoms with van der Waals surface area (Å²) in [5, 5.41) is 3.15. The quantitative estimate of drug-likeness (QED) is 0.746. The van der Waals surface area contributed by atoms with Crippen LogP contribution in [-0.2, 0) is 0 Å². The van der Waals surface area contributed by atoms with Gasteiger partial charge in [-0.05, 0) is 30.3 Å². The van der Waals surface area contributed by atoms with Gasteiger partial charge in [-0.15, -0.1) is 0 Å². The van der Waals surface area contributed by atoms with Gasteiger partial charge in [-0.2, -0.15) is 0 Å². The molecule has 122 valence electrons. The Morgan fingerprint density at radius 2 is 1.92 bits per heavy atom. The van der Waals surface area contributed by atoms with Crippen LogP contribution in [-0.4, -0.2) is 16.7 Å². The minimum Gasteiger partial charge on any atom is -0.449 e. The van der Waals surface area contributed by atoms with E-state index in [0.717, 1.165) is 0 Å². The lowest BCUT2D eigenvalue weighted by molar-refractivity contribution is -0.0431. The van der Waals surface area contributed by atoms with Gasteiger partial charge in [0.15, 0.2) is 11.5 Å². The second-order valence-electron chi connectivity index (χ2n) is 6.10. The maximum Gasteiger partial charge on any atom is 0.272 e. The van der Waals surface area contributed by atoms with Gasteiger partial charge in [0.25, 0.3) is 5.91 Å². The van der Waals surface area contributed by atoms with Gasteiger partial charge in [0.2, 0.25) is 5.79 Å². The summed E-state index contributed by atoms with van der Waals surface area (Å²) in [7, 11) is 0. The van der Waals surface area contributed by atoms with Crippen LogP contribution in [0.1, 0.15) is 24.3 Å². The Morgan fingerprint density at radius 1 is 1.12 bits per heavy atom. The summed E-state index contributed by atoms with van der Waals surface area (Å²) in [5.41, 5.74) is 1.43. The number of rotatable bonds is 2. The second kappa shape index (κ2) is 4.99. The molecule has 1 aliphatic rings. The predicted octanol–water partition coefficient (Wildman–Crippen LogP) is 4.07. The molecular weight excluding hydrogens is 311 g/mol. The monoisotopic (exact) mass is 326 g/mol. The third-order valence-corrected chi connectivity index (χ3v) is 3.77. The first-order chi connectivity index (χ1) is 11.4. The third kappa shape index (κ3) is 2.46. The van der Waals surface area contributed by atoms with Crippen LogP contribution in [0, 0.1) is 5.82 Å². The van der Waals surface area contributed by atoms with Crippen molar-refractivity contribution in [3.8, 4) is 11.5 Å². The van der Waals surface area contributed by atoms with Crippen LogP contribution in [0.3, 0.4) is 0 Å². The number of aromatic nitrogens is 1. The van der Waals surface area contributed by atoms with Crippen molar-refractivity contribution in [2.75, 3.05) is 5.32 Å². The molecule has 2 aromatic carbocycles. The first kappa shape index (κ1) is 14.6. The lowest BCUT2D eigenvalue weighted by Crippen LogP contribution is -2.29. The second-order valence-corrected chi connectivity index (χ2v) is 6.10. The van der Waals surface area contributed by atoms with Gasteiger partial charge in [0.05, 0.1) is 0 Å². The van der Waals surface area contributed by atoms with Crippen LogP contribution < -0.4 is 14.8 Å². The Morgan fingerprint density at radius 3 is 2.71 bits per heavy atom. The van der Waals surface area contributed by atoms with Crippen molar-refractivity contribution in [2.24, 2.45) is 0 Å². The van der Waals surface area contributed by atoms with Gasteiger partial charge >= 0.3 is 0 Å². The summed E-state index contributed by atoms with van der Waals surface area (Å²) in [4.78, 5) is 15.3. The highest BCUT2D eigenvalue weighted by molar-refractivity contribution is 6.06. The molecule has 5 nitrogen and oxygen atoms in total. The minimum atomic E-state index is -0.723. The lowest BCUT2D eigenvalue weighted by atomic mass is 10.2. The molecule has 24 heavy (non-hydrogen) atoms. The van der Waals surface area contributed by atoms with Crippen LogP contribution in [0.2, 0.25) is 0 Å². The highest BCUT2D eigenvalue weighted by atomic mass is 19.1. The molecule has 2 heterocycles. The van der Waals surface area contributed by atoms with E-state index in [4.69, 9.17) is 9.47 Å². The molecule has 1 aromatic heterocycles. The maximum absolute atomic E-state index is 13.7. The zero-order chi connectivity index (χ0) is 16.9. The van der Waals surface area contributed by atoms with Crippen molar-refractivity contribution in [3.63, 3.8) is 0 Å². The summed E-state index contributed by atoms with van der Waals surface area (Å²) in [6, 6.07) is 11.3. The number of halogens is 1. The molecule has 6 heteroatoms. The summed E-state index contributed by atoms with van der Waals surface area (Å²) < 4.78 is 25.0. The van der Waals surface area contributed by atoms with Gasteiger partial charge < -0.3 is 19.8 Å². The van der Waals surface area contributed by atoms with E-state index in [1.165, 1.54) is 12.1 Å². The number of nitrogens with one attached hydrogen (secondary N) is 2. The number of amides is 1. The Bertz CT molecular complexity index is 962. The SMILES string of the molecule is CC1(C)Oc2ccc(NC(=O)c3cc4c(F)cccc4[nH]3)cc2O1. The summed E-state index contributed by atoms with van der Waals surface area (Å²) in [5.74, 6) is -0.248. The Balaban J connectivity index is 1.59. The van der Waals surface area contributed by atoms with Crippen LogP contribution in [0.15, 0.2) is 42.5 Å². The van der Waals surface area contributed by atoms with Crippen molar-refractivity contribution >= 4 is 22.5 Å². The molecule has 4 rings (SSSR count). The number of carbonyl (C=O) groups is 1. The highest BCUT2D eigenvalue weighted by Gasteiger charge is 2.31. The van der Waals surface area contributed by atoms with E-state index >= 15 is 0 Å². The van der Waals surface area contributed by atoms with E-state index in [2.05, 4.69) is 10.3 Å². The molecule has 0 aliphatic carbocycles. The van der Waals surface area contributed by atoms with Crippen LogP contribution >= 0.6 is 0 Å². The van der Waals surface area contributed by atoms with Crippen molar-refractivity contribution in [3.05, 3.63) is 54.0 Å². The molecule has 0 unspecified atom stereocenters. The molecule has 3 aromatic rings. The van der Waals surface area contributed by atoms with E-state index in [0.29, 0.717) is 28.1 Å². The van der Waals surface area contributed by atoms with E-state index in [1.54, 1.807) is 30.3 Å². The number of H-pyrrole nitrogens is 1. The fraction of sp³-hybridized carbons (Fsp3) is 0.167. The number of hydrogen-bond acceptors (Lipinski definition) is 3. The van der Waals surface area contributed by atoms with Gasteiger partial charge in [-0.1, -0.05) is 6.07 Å². The van der Waals surface area contributed by atoms with Crippen molar-refractivity contribution in [1.82, 2.24) is 4.98 Å². The van der Waals surface area contributed by atoms with Gasteiger partial charge in [-0.3, -0.25) is 4.79 Å². The third-order valence-electron chi connectivity index (χ3n) is 3.77. The number of anilines is 1. The van der Waals surface area contributed by atoms with Crippen LogP contribution in [0.25, 0.3) is 10.9 Å². The maximum atomic E-state index is 13.7. The van der Waals surface area contributed by atoms with E-state index in [-0.39, 0.29) is 17.4 Å². The standard InChI is InChI=1S/C18H15FN2O3/c1-18(2)23-15-7-6-10(8-16(15)24-18)20-17(22)14-9-11-12(19)4-3-5-13(11)21-14/h3-9,21H,1-2H3,(H,20,22). The smallest absolute Gasteiger partial charge is 0.272 e. The zero-order valence-corrected chi connectivity index (χ0v) is 13.1. The number of benzene rings is 2. The molecule has 1 aliphatic heterocycles. The molecule has 2 N–H and O–H groups in total. The fourth-order valence-corrected chi connectivity index (χ4v) is 2.74. The average molecular weight is 326 g/mol. The normalized spacial score (nSPS) is 14.8. The summed E-state index contributed by atoms with van der Waals surface area (Å²) in [6.45, 7) is 3.62. The zero-order valence-electron chi connectivity index (χ0n) is 13.1. The first-order valence-corrected chi connectivity index (χ1v) is 7.52. The van der Waals surface area contributed by atoms with Crippen molar-refractivity contribution in [1.29, 1.82) is 0 Å². The Labute approximate surface area is 137 Å². The lowest BCUT2D eigenvalue weighted by Gasteiger charge is -2.16. The molecule has 0 fully saturated rings. The number of aromatic amines is 1. The largest absolute Gasteiger partial charge is 0.449 e. The molecule has 0 saturated carbocycles. The summed E-state index contributed by atoms with van der Waals surface area (Å²) in [6.07, 6.45) is 0. The molecule has 0 saturated heterocycles. The Kier molecular flexibility index (Phi) is 3.03. The first-order valence-electron chi connectivity index (χ1n) is 7.52. The van der Waals surface area contributed by atoms with Gasteiger partial charge in [0, 0.05) is 36.5 Å². The van der Waals surface area contributed by atoms with Crippen molar-refractivity contribution < 1.29 is 18.7 Å². The number of carbonyl (C=O) groups excluding carboxylic acids is 1. The number of ether oxygens (including phenoxy) is 2. The van der Waals surface area contributed by atoms with E-state index in [1.807, 2.05) is 13.8 Å². The number of fused-ring (bicyclic) bond motifs is 2. The topological polar surface area (TPSA) is 63.3 Å². The highest BCUT2D eigenvalue weighted by Crippen LogP contribution is 2.40. The van der Waals surface area contributed by atoms with E-state index in [9.17, 15) is 9.18 Å². The fourth-order valence-electron chi connectivity index (χ4n) is 2.74. The number of hydrogen-bond donors (Lipinski definition) is 2. The molecule has 0 spiro atoms. The Hall–Kier alpha value is -3.02. The summed E-state index contributed by atoms with van der Waals surface area (Å²) >= 11 is 0. The molecular formula is C18H15FN2O3. The van der Waals surface area contributed by atoms with Crippen LogP contribution in [0.5, 0.6) is 11.5 Å². The van der Waals surface area contributed by atoms with E-state index < -0.39 is 5.79 Å². The van der Waals surface area contributed by atoms with Gasteiger partial charge in [0.1, 0.15) is 11.5 Å². The van der Waals surface area contributed by atoms with Gasteiger partial charge in [-0.25, -0.2) is 4.39 Å².